The van der Waals surface area contributed by atoms with Crippen molar-refractivity contribution in [2.75, 3.05) is 25.1 Å². The van der Waals surface area contributed by atoms with Gasteiger partial charge in [-0.1, -0.05) is 18.2 Å². The fourth-order valence-electron chi connectivity index (χ4n) is 8.18. The molecule has 4 rings (SSSR count). The molecular formula is C44H62N10O13S. The number of aliphatic carboxylic acids is 2. The quantitative estimate of drug-likeness (QED) is 0.0452. The van der Waals surface area contributed by atoms with E-state index >= 15 is 0 Å². The lowest BCUT2D eigenvalue weighted by atomic mass is 10.0. The standard InChI is InChI=1S/C44H62N10O13S/c1-24(48-38(61)30(13-14-35(46)56)51-41(64)34-10-6-19-54(34)44(67)28(45)12-16-37(59)60)43(66)53-18-5-9-33(53)42(65)52-32(21-25-22-47-29-8-4-3-7-27(25)29)40(63)50-31(17-20-68-2)39(62)49-26(23-55)11-15-36(57)58/h3-4,7-8,22-24,26,28,30-34,47H,5-6,9-21,45H2,1-2H3,(H2,46,56)(H,48,61)(H,49,62)(H,50,63)(H,51,64)(H,52,65)(H,57,58)(H,59,60)/t24-,26-,28-,30-,31-,32-,33-,34-/m0/s1. The number of carboxylic acids is 2. The van der Waals surface area contributed by atoms with Crippen molar-refractivity contribution in [1.29, 1.82) is 0 Å². The maximum atomic E-state index is 14.2. The van der Waals surface area contributed by atoms with Crippen molar-refractivity contribution >= 4 is 88.1 Å². The molecule has 2 fully saturated rings. The molecular weight excluding hydrogens is 909 g/mol. The number of benzene rings is 1. The number of nitrogens with two attached hydrogens (primary N) is 2. The van der Waals surface area contributed by atoms with E-state index in [0.29, 0.717) is 30.4 Å². The molecule has 0 unspecified atom stereocenters. The molecule has 0 spiro atoms. The number of carbonyl (C=O) groups excluding carboxylic acids is 9. The molecule has 2 aliphatic heterocycles. The van der Waals surface area contributed by atoms with Gasteiger partial charge in [-0.2, -0.15) is 11.8 Å². The van der Waals surface area contributed by atoms with Crippen molar-refractivity contribution in [3.63, 3.8) is 0 Å². The Kier molecular flexibility index (Phi) is 20.8. The van der Waals surface area contributed by atoms with Crippen LogP contribution in [0.2, 0.25) is 0 Å². The highest BCUT2D eigenvalue weighted by atomic mass is 32.2. The zero-order valence-electron chi connectivity index (χ0n) is 38.0. The normalized spacial score (nSPS) is 18.3. The van der Waals surface area contributed by atoms with E-state index in [9.17, 15) is 52.7 Å². The van der Waals surface area contributed by atoms with Gasteiger partial charge in [-0.25, -0.2) is 0 Å². The number of aldehydes is 1. The number of H-pyrrole nitrogens is 1. The molecule has 2 saturated heterocycles. The van der Waals surface area contributed by atoms with E-state index < -0.39 is 108 Å². The fourth-order valence-corrected chi connectivity index (χ4v) is 8.65. The highest BCUT2D eigenvalue weighted by Crippen LogP contribution is 2.23. The van der Waals surface area contributed by atoms with Crippen molar-refractivity contribution in [2.45, 2.75) is 132 Å². The van der Waals surface area contributed by atoms with Gasteiger partial charge in [0.2, 0.25) is 47.3 Å². The minimum absolute atomic E-state index is 0.0517. The van der Waals surface area contributed by atoms with E-state index in [1.54, 1.807) is 18.5 Å². The van der Waals surface area contributed by atoms with Gasteiger partial charge < -0.3 is 67.8 Å². The number of likely N-dealkylation sites (tertiary alicyclic amines) is 2. The minimum atomic E-state index is -1.39. The largest absolute Gasteiger partial charge is 0.481 e. The Morgan fingerprint density at radius 1 is 0.750 bits per heavy atom. The van der Waals surface area contributed by atoms with Crippen LogP contribution in [0, 0.1) is 0 Å². The summed E-state index contributed by atoms with van der Waals surface area (Å²) < 4.78 is 0. The number of nitrogens with zero attached hydrogens (tertiary/aromatic N) is 2. The number of carboxylic acid groups (broad SMARTS) is 2. The zero-order valence-corrected chi connectivity index (χ0v) is 38.8. The van der Waals surface area contributed by atoms with Gasteiger partial charge in [0.15, 0.2) is 0 Å². The van der Waals surface area contributed by atoms with E-state index in [0.717, 1.165) is 10.9 Å². The van der Waals surface area contributed by atoms with Crippen molar-refractivity contribution in [3.8, 4) is 0 Å². The Morgan fingerprint density at radius 2 is 1.31 bits per heavy atom. The van der Waals surface area contributed by atoms with Crippen molar-refractivity contribution in [3.05, 3.63) is 36.0 Å². The van der Waals surface area contributed by atoms with E-state index in [4.69, 9.17) is 21.7 Å². The van der Waals surface area contributed by atoms with Gasteiger partial charge in [0.25, 0.3) is 0 Å². The van der Waals surface area contributed by atoms with Gasteiger partial charge in [0.1, 0.15) is 42.5 Å². The smallest absolute Gasteiger partial charge is 0.303 e. The van der Waals surface area contributed by atoms with Crippen LogP contribution >= 0.6 is 11.8 Å². The van der Waals surface area contributed by atoms with E-state index in [-0.39, 0.29) is 77.3 Å². The number of rotatable bonds is 27. The van der Waals surface area contributed by atoms with Gasteiger partial charge in [-0.05, 0) is 81.9 Å². The molecule has 8 amide bonds. The fraction of sp³-hybridized carbons (Fsp3) is 0.568. The molecule has 1 aromatic carbocycles. The van der Waals surface area contributed by atoms with Crippen LogP contribution < -0.4 is 38.1 Å². The average molecular weight is 971 g/mol. The topological polar surface area (TPSA) is 363 Å². The number of thioether (sulfide) groups is 1. The highest BCUT2D eigenvalue weighted by molar-refractivity contribution is 7.98. The minimum Gasteiger partial charge on any atom is -0.481 e. The summed E-state index contributed by atoms with van der Waals surface area (Å²) in [6, 6.07) is -2.31. The van der Waals surface area contributed by atoms with E-state index in [1.807, 2.05) is 18.2 Å². The van der Waals surface area contributed by atoms with Gasteiger partial charge in [0.05, 0.1) is 12.1 Å². The Balaban J connectivity index is 1.49. The van der Waals surface area contributed by atoms with Gasteiger partial charge in [-0.3, -0.25) is 47.9 Å². The summed E-state index contributed by atoms with van der Waals surface area (Å²) >= 11 is 1.40. The van der Waals surface area contributed by atoms with Crippen molar-refractivity contribution in [2.24, 2.45) is 11.5 Å². The molecule has 0 radical (unpaired) electrons. The third-order valence-electron chi connectivity index (χ3n) is 11.8. The van der Waals surface area contributed by atoms with Crippen LogP contribution in [0.3, 0.4) is 0 Å². The first-order valence-corrected chi connectivity index (χ1v) is 23.8. The molecule has 3 heterocycles. The van der Waals surface area contributed by atoms with Crippen molar-refractivity contribution in [1.82, 2.24) is 41.4 Å². The lowest BCUT2D eigenvalue weighted by molar-refractivity contribution is -0.143. The van der Waals surface area contributed by atoms with Gasteiger partial charge in [0, 0.05) is 55.9 Å². The molecule has 0 aliphatic carbocycles. The maximum absolute atomic E-state index is 14.2. The molecule has 0 saturated carbocycles. The molecule has 2 aliphatic rings. The second-order valence-electron chi connectivity index (χ2n) is 16.9. The Morgan fingerprint density at radius 3 is 1.91 bits per heavy atom. The predicted molar refractivity (Wildman–Crippen MR) is 246 cm³/mol. The number of hydrogen-bond donors (Lipinski definition) is 10. The second kappa shape index (κ2) is 26.1. The van der Waals surface area contributed by atoms with Gasteiger partial charge >= 0.3 is 11.9 Å². The Bertz CT molecular complexity index is 2190. The van der Waals surface area contributed by atoms with Crippen LogP contribution in [0.5, 0.6) is 0 Å². The molecule has 1 aromatic heterocycles. The summed E-state index contributed by atoms with van der Waals surface area (Å²) in [4.78, 5) is 147. The average Bonchev–Trinajstić information content (AvgIpc) is 4.09. The Labute approximate surface area is 396 Å². The summed E-state index contributed by atoms with van der Waals surface area (Å²) in [7, 11) is 0. The van der Waals surface area contributed by atoms with Gasteiger partial charge in [-0.15, -0.1) is 0 Å². The number of fused-ring (bicyclic) bond motifs is 1. The SMILES string of the molecule is CSCC[C@H](NC(=O)[C@H](Cc1c[nH]c2ccccc12)NC(=O)[C@@H]1CCCN1C(=O)[C@H](C)NC(=O)[C@H](CCC(N)=O)NC(=O)[C@@H]1CCCN1C(=O)[C@@H](N)CCC(=O)O)C(=O)N[C@H](C=O)CCC(=O)O. The number of hydrogen-bond acceptors (Lipinski definition) is 13. The van der Waals surface area contributed by atoms with Crippen LogP contribution in [0.4, 0.5) is 0 Å². The molecule has 68 heavy (non-hydrogen) atoms. The van der Waals surface area contributed by atoms with Crippen LogP contribution in [-0.2, 0) is 59.2 Å². The summed E-state index contributed by atoms with van der Waals surface area (Å²) in [6.07, 6.45) is 3.53. The third-order valence-corrected chi connectivity index (χ3v) is 12.5. The van der Waals surface area contributed by atoms with Crippen LogP contribution in [0.1, 0.15) is 83.1 Å². The molecule has 24 heteroatoms. The predicted octanol–water partition coefficient (Wildman–Crippen LogP) is -1.59. The number of aromatic amines is 1. The number of aromatic nitrogens is 1. The third kappa shape index (κ3) is 15.5. The number of carbonyl (C=O) groups is 11. The monoisotopic (exact) mass is 970 g/mol. The maximum Gasteiger partial charge on any atom is 0.303 e. The molecule has 12 N–H and O–H groups in total. The molecule has 23 nitrogen and oxygen atoms in total. The number of amides is 8. The molecule has 0 bridgehead atoms. The number of para-hydroxylation sites is 1. The van der Waals surface area contributed by atoms with E-state index in [1.165, 1.54) is 28.5 Å². The summed E-state index contributed by atoms with van der Waals surface area (Å²) in [5.74, 6) is -7.72. The Hall–Kier alpha value is -6.56. The lowest BCUT2D eigenvalue weighted by Crippen LogP contribution is -2.59. The van der Waals surface area contributed by atoms with Crippen molar-refractivity contribution < 1.29 is 63.0 Å². The summed E-state index contributed by atoms with van der Waals surface area (Å²) in [5, 5.41) is 31.9. The van der Waals surface area contributed by atoms with Crippen LogP contribution in [0.15, 0.2) is 30.5 Å². The molecule has 8 atom stereocenters. The number of nitrogens with one attached hydrogen (secondary N) is 6. The zero-order chi connectivity index (χ0) is 50.1. The lowest BCUT2D eigenvalue weighted by Gasteiger charge is -2.30. The first-order chi connectivity index (χ1) is 32.3. The summed E-state index contributed by atoms with van der Waals surface area (Å²) in [5.41, 5.74) is 12.7. The first kappa shape index (κ1) is 54.0. The molecule has 2 aromatic rings. The molecule has 372 valence electrons. The summed E-state index contributed by atoms with van der Waals surface area (Å²) in [6.45, 7) is 1.64. The first-order valence-electron chi connectivity index (χ1n) is 22.4. The highest BCUT2D eigenvalue weighted by Gasteiger charge is 2.41. The second-order valence-corrected chi connectivity index (χ2v) is 17.9. The number of primary amides is 1. The van der Waals surface area contributed by atoms with E-state index in [2.05, 4.69) is 31.6 Å². The van der Waals surface area contributed by atoms with Crippen LogP contribution in [-0.4, -0.2) is 164 Å². The van der Waals surface area contributed by atoms with Crippen LogP contribution in [0.25, 0.3) is 10.9 Å².